The molecule has 3 aromatic rings. The van der Waals surface area contributed by atoms with Crippen molar-refractivity contribution in [2.75, 3.05) is 26.3 Å². The summed E-state index contributed by atoms with van der Waals surface area (Å²) in [6, 6.07) is 15.4. The minimum absolute atomic E-state index is 0.0488. The van der Waals surface area contributed by atoms with Gasteiger partial charge in [-0.25, -0.2) is 0 Å². The standard InChI is InChI=1S/C26H27NO5/c1-17(15-25(29)27-11-13-30-14-12-27)21-9-10-23(26-22(21)16-24(32-26)18(2)28)31-19(3)20-7-5-4-6-8-20/h4-10,15-16,19H,11-14H2,1-3H3. The predicted molar refractivity (Wildman–Crippen MR) is 123 cm³/mol. The van der Waals surface area contributed by atoms with Gasteiger partial charge in [-0.1, -0.05) is 36.4 Å². The van der Waals surface area contributed by atoms with Gasteiger partial charge >= 0.3 is 0 Å². The third kappa shape index (κ3) is 4.60. The number of allylic oxidation sites excluding steroid dienone is 1. The van der Waals surface area contributed by atoms with Gasteiger partial charge in [0, 0.05) is 31.5 Å². The van der Waals surface area contributed by atoms with Crippen LogP contribution in [0.5, 0.6) is 5.75 Å². The van der Waals surface area contributed by atoms with Gasteiger partial charge in [0.25, 0.3) is 0 Å². The molecule has 2 aromatic carbocycles. The van der Waals surface area contributed by atoms with Crippen molar-refractivity contribution in [3.05, 3.63) is 71.5 Å². The van der Waals surface area contributed by atoms with Crippen molar-refractivity contribution >= 4 is 28.2 Å². The summed E-state index contributed by atoms with van der Waals surface area (Å²) in [5.41, 5.74) is 3.17. The molecule has 166 valence electrons. The van der Waals surface area contributed by atoms with E-state index < -0.39 is 0 Å². The summed E-state index contributed by atoms with van der Waals surface area (Å²) in [7, 11) is 0. The number of fused-ring (bicyclic) bond motifs is 1. The van der Waals surface area contributed by atoms with Gasteiger partial charge in [0.15, 0.2) is 22.9 Å². The van der Waals surface area contributed by atoms with Gasteiger partial charge < -0.3 is 18.8 Å². The lowest BCUT2D eigenvalue weighted by Gasteiger charge is -2.25. The van der Waals surface area contributed by atoms with Crippen molar-refractivity contribution in [3.8, 4) is 5.75 Å². The van der Waals surface area contributed by atoms with Crippen molar-refractivity contribution in [2.45, 2.75) is 26.9 Å². The number of ketones is 1. The zero-order valence-corrected chi connectivity index (χ0v) is 18.6. The molecular formula is C26H27NO5. The van der Waals surface area contributed by atoms with Crippen LogP contribution in [0.4, 0.5) is 0 Å². The first kappa shape index (κ1) is 21.8. The number of benzene rings is 2. The molecule has 32 heavy (non-hydrogen) atoms. The smallest absolute Gasteiger partial charge is 0.246 e. The van der Waals surface area contributed by atoms with Crippen LogP contribution in [0.15, 0.2) is 59.0 Å². The number of amides is 1. The number of rotatable bonds is 6. The molecule has 1 aliphatic heterocycles. The van der Waals surface area contributed by atoms with Gasteiger partial charge in [0.2, 0.25) is 5.91 Å². The lowest BCUT2D eigenvalue weighted by atomic mass is 10.0. The Hall–Kier alpha value is -3.38. The van der Waals surface area contributed by atoms with Crippen molar-refractivity contribution in [3.63, 3.8) is 0 Å². The monoisotopic (exact) mass is 433 g/mol. The van der Waals surface area contributed by atoms with E-state index >= 15 is 0 Å². The van der Waals surface area contributed by atoms with E-state index in [1.54, 1.807) is 17.0 Å². The van der Waals surface area contributed by atoms with E-state index in [1.807, 2.05) is 56.3 Å². The average Bonchev–Trinajstić information content (AvgIpc) is 3.26. The zero-order valence-electron chi connectivity index (χ0n) is 18.6. The highest BCUT2D eigenvalue weighted by Crippen LogP contribution is 2.37. The van der Waals surface area contributed by atoms with E-state index in [1.165, 1.54) is 6.92 Å². The van der Waals surface area contributed by atoms with Crippen molar-refractivity contribution in [1.29, 1.82) is 0 Å². The van der Waals surface area contributed by atoms with Crippen LogP contribution in [0.25, 0.3) is 16.5 Å². The van der Waals surface area contributed by atoms with Crippen LogP contribution in [0, 0.1) is 0 Å². The molecule has 0 N–H and O–H groups in total. The molecule has 1 aliphatic rings. The largest absolute Gasteiger partial charge is 0.482 e. The Morgan fingerprint density at radius 1 is 1.06 bits per heavy atom. The highest BCUT2D eigenvalue weighted by Gasteiger charge is 2.20. The number of carbonyl (C=O) groups is 2. The summed E-state index contributed by atoms with van der Waals surface area (Å²) in [4.78, 5) is 26.5. The second-order valence-corrected chi connectivity index (χ2v) is 7.96. The number of ether oxygens (including phenoxy) is 2. The quantitative estimate of drug-likeness (QED) is 0.402. The van der Waals surface area contributed by atoms with Crippen molar-refractivity contribution in [1.82, 2.24) is 4.90 Å². The Morgan fingerprint density at radius 3 is 2.47 bits per heavy atom. The normalized spacial score (nSPS) is 15.6. The Kier molecular flexibility index (Phi) is 6.42. The highest BCUT2D eigenvalue weighted by atomic mass is 16.5. The maximum absolute atomic E-state index is 12.7. The van der Waals surface area contributed by atoms with Gasteiger partial charge in [-0.15, -0.1) is 0 Å². The molecule has 1 fully saturated rings. The van der Waals surface area contributed by atoms with E-state index in [0.29, 0.717) is 37.6 Å². The second-order valence-electron chi connectivity index (χ2n) is 7.96. The summed E-state index contributed by atoms with van der Waals surface area (Å²) < 4.78 is 17.4. The van der Waals surface area contributed by atoms with Crippen LogP contribution in [0.3, 0.4) is 0 Å². The maximum Gasteiger partial charge on any atom is 0.246 e. The van der Waals surface area contributed by atoms with Crippen LogP contribution >= 0.6 is 0 Å². The fraction of sp³-hybridized carbons (Fsp3) is 0.308. The van der Waals surface area contributed by atoms with Gasteiger partial charge in [-0.3, -0.25) is 9.59 Å². The molecule has 0 aliphatic carbocycles. The fourth-order valence-corrected chi connectivity index (χ4v) is 3.83. The topological polar surface area (TPSA) is 69.0 Å². The predicted octanol–water partition coefficient (Wildman–Crippen LogP) is 5.04. The highest BCUT2D eigenvalue weighted by molar-refractivity contribution is 6.03. The van der Waals surface area contributed by atoms with Gasteiger partial charge in [-0.2, -0.15) is 0 Å². The average molecular weight is 434 g/mol. The van der Waals surface area contributed by atoms with Crippen LogP contribution in [0.2, 0.25) is 0 Å². The lowest BCUT2D eigenvalue weighted by Crippen LogP contribution is -2.39. The third-order valence-corrected chi connectivity index (χ3v) is 5.65. The number of carbonyl (C=O) groups excluding carboxylic acids is 2. The van der Waals surface area contributed by atoms with E-state index in [9.17, 15) is 9.59 Å². The molecule has 0 spiro atoms. The summed E-state index contributed by atoms with van der Waals surface area (Å²) in [5, 5.41) is 0.747. The van der Waals surface area contributed by atoms with Crippen molar-refractivity contribution < 1.29 is 23.5 Å². The molecule has 1 unspecified atom stereocenters. The van der Waals surface area contributed by atoms with Gasteiger partial charge in [0.1, 0.15) is 6.10 Å². The first-order valence-corrected chi connectivity index (χ1v) is 10.8. The summed E-state index contributed by atoms with van der Waals surface area (Å²) in [6.07, 6.45) is 1.43. The Bertz CT molecular complexity index is 1160. The molecule has 0 radical (unpaired) electrons. The molecule has 4 rings (SSSR count). The Labute approximate surface area is 187 Å². The number of nitrogens with zero attached hydrogens (tertiary/aromatic N) is 1. The van der Waals surface area contributed by atoms with Crippen LogP contribution in [-0.2, 0) is 9.53 Å². The molecule has 1 saturated heterocycles. The molecule has 1 atom stereocenters. The molecule has 0 bridgehead atoms. The van der Waals surface area contributed by atoms with Crippen molar-refractivity contribution in [2.24, 2.45) is 0 Å². The summed E-state index contributed by atoms with van der Waals surface area (Å²) >= 11 is 0. The lowest BCUT2D eigenvalue weighted by molar-refractivity contribution is -0.129. The van der Waals surface area contributed by atoms with Crippen LogP contribution in [-0.4, -0.2) is 42.9 Å². The van der Waals surface area contributed by atoms with Gasteiger partial charge in [0.05, 0.1) is 13.2 Å². The first-order chi connectivity index (χ1) is 15.4. The zero-order chi connectivity index (χ0) is 22.7. The minimum Gasteiger partial charge on any atom is -0.482 e. The second kappa shape index (κ2) is 9.40. The molecular weight excluding hydrogens is 406 g/mol. The Morgan fingerprint density at radius 2 is 1.78 bits per heavy atom. The van der Waals surface area contributed by atoms with Crippen LogP contribution in [0.1, 0.15) is 48.6 Å². The number of furan rings is 1. The number of morpholine rings is 1. The van der Waals surface area contributed by atoms with E-state index in [0.717, 1.165) is 22.1 Å². The Balaban J connectivity index is 1.69. The number of hydrogen-bond donors (Lipinski definition) is 0. The minimum atomic E-state index is -0.198. The van der Waals surface area contributed by atoms with E-state index in [2.05, 4.69) is 0 Å². The summed E-state index contributed by atoms with van der Waals surface area (Å²) in [6.45, 7) is 7.60. The molecule has 6 heteroatoms. The van der Waals surface area contributed by atoms with E-state index in [4.69, 9.17) is 13.9 Å². The molecule has 6 nitrogen and oxygen atoms in total. The summed E-state index contributed by atoms with van der Waals surface area (Å²) in [5.74, 6) is 0.601. The number of Topliss-reactive ketones (excluding diaryl/α,β-unsaturated/α-hetero) is 1. The maximum atomic E-state index is 12.7. The molecule has 1 aromatic heterocycles. The molecule has 0 saturated carbocycles. The SMILES string of the molecule is CC(=O)c1cc2c(C(C)=CC(=O)N3CCOCC3)ccc(OC(C)c3ccccc3)c2o1. The van der Waals surface area contributed by atoms with Crippen LogP contribution < -0.4 is 4.74 Å². The first-order valence-electron chi connectivity index (χ1n) is 10.8. The van der Waals surface area contributed by atoms with E-state index in [-0.39, 0.29) is 23.6 Å². The third-order valence-electron chi connectivity index (χ3n) is 5.65. The fourth-order valence-electron chi connectivity index (χ4n) is 3.83. The van der Waals surface area contributed by atoms with Gasteiger partial charge in [-0.05, 0) is 42.7 Å². The number of hydrogen-bond acceptors (Lipinski definition) is 5. The molecule has 2 heterocycles. The molecule has 1 amide bonds.